The van der Waals surface area contributed by atoms with E-state index in [1.54, 1.807) is 0 Å². The average Bonchev–Trinajstić information content (AvgIpc) is 2.20. The Hall–Kier alpha value is -0.370. The monoisotopic (exact) mass is 140 g/mol. The average molecular weight is 140 g/mol. The zero-order chi connectivity index (χ0) is 7.14. The molecule has 2 nitrogen and oxygen atoms in total. The van der Waals surface area contributed by atoms with E-state index in [-0.39, 0.29) is 6.10 Å². The Morgan fingerprint density at radius 2 is 1.70 bits per heavy atom. The van der Waals surface area contributed by atoms with Crippen LogP contribution in [0.2, 0.25) is 0 Å². The molecule has 0 radical (unpaired) electrons. The maximum Gasteiger partial charge on any atom is 0.155 e. The Bertz CT molecular complexity index is 151. The second-order valence-electron chi connectivity index (χ2n) is 3.52. The number of fused-ring (bicyclic) bond motifs is 2. The summed E-state index contributed by atoms with van der Waals surface area (Å²) in [5.41, 5.74) is 0. The van der Waals surface area contributed by atoms with Crippen molar-refractivity contribution in [2.45, 2.75) is 43.9 Å². The fourth-order valence-corrected chi connectivity index (χ4v) is 2.25. The Kier molecular flexibility index (Phi) is 1.31. The van der Waals surface area contributed by atoms with Crippen LogP contribution in [0.15, 0.2) is 0 Å². The number of nitrogens with zero attached hydrogens (tertiary/aromatic N) is 1. The zero-order valence-electron chi connectivity index (χ0n) is 6.16. The van der Waals surface area contributed by atoms with E-state index >= 15 is 0 Å². The van der Waals surface area contributed by atoms with Gasteiger partial charge in [0.25, 0.3) is 0 Å². The van der Waals surface area contributed by atoms with Crippen LogP contribution in [0.3, 0.4) is 0 Å². The molecule has 0 aromatic heterocycles. The maximum atomic E-state index is 9.35. The molecular weight excluding hydrogens is 126 g/mol. The molecule has 0 saturated carbocycles. The van der Waals surface area contributed by atoms with Crippen LogP contribution in [0, 0.1) is 0 Å². The number of aliphatic hydroxyl groups excluding tert-OH is 1. The Morgan fingerprint density at radius 1 is 1.20 bits per heavy atom. The van der Waals surface area contributed by atoms with Crippen LogP contribution in [0.25, 0.3) is 0 Å². The molecular formula is C8H14NO+. The molecule has 0 aromatic rings. The van der Waals surface area contributed by atoms with Crippen molar-refractivity contribution >= 4 is 6.72 Å². The molecule has 2 saturated heterocycles. The van der Waals surface area contributed by atoms with Gasteiger partial charge < -0.3 is 5.11 Å². The molecule has 0 amide bonds. The van der Waals surface area contributed by atoms with Gasteiger partial charge in [-0.25, -0.2) is 4.58 Å². The Morgan fingerprint density at radius 3 is 2.20 bits per heavy atom. The minimum absolute atomic E-state index is 0.0458. The third-order valence-corrected chi connectivity index (χ3v) is 2.86. The Balaban J connectivity index is 2.16. The molecule has 2 aliphatic heterocycles. The molecule has 1 N–H and O–H groups in total. The summed E-state index contributed by atoms with van der Waals surface area (Å²) in [6, 6.07) is 1.16. The lowest BCUT2D eigenvalue weighted by molar-refractivity contribution is -0.585. The third kappa shape index (κ3) is 0.788. The van der Waals surface area contributed by atoms with Crippen molar-refractivity contribution in [1.29, 1.82) is 0 Å². The second-order valence-corrected chi connectivity index (χ2v) is 3.52. The molecule has 3 atom stereocenters. The van der Waals surface area contributed by atoms with Crippen LogP contribution in [0.4, 0.5) is 0 Å². The van der Waals surface area contributed by atoms with Gasteiger partial charge >= 0.3 is 0 Å². The number of rotatable bonds is 0. The van der Waals surface area contributed by atoms with E-state index in [1.165, 1.54) is 12.8 Å². The first-order valence-electron chi connectivity index (χ1n) is 4.04. The predicted molar refractivity (Wildman–Crippen MR) is 39.4 cm³/mol. The van der Waals surface area contributed by atoms with E-state index in [2.05, 4.69) is 11.3 Å². The molecule has 0 aromatic carbocycles. The van der Waals surface area contributed by atoms with Crippen molar-refractivity contribution in [3.63, 3.8) is 0 Å². The van der Waals surface area contributed by atoms with Crippen LogP contribution in [-0.2, 0) is 0 Å². The van der Waals surface area contributed by atoms with Crippen LogP contribution < -0.4 is 0 Å². The smallest absolute Gasteiger partial charge is 0.155 e. The summed E-state index contributed by atoms with van der Waals surface area (Å²) in [6.45, 7) is 3.98. The summed E-state index contributed by atoms with van der Waals surface area (Å²) in [4.78, 5) is 0. The highest BCUT2D eigenvalue weighted by molar-refractivity contribution is 5.16. The van der Waals surface area contributed by atoms with Gasteiger partial charge in [0.15, 0.2) is 12.1 Å². The first kappa shape index (κ1) is 6.35. The SMILES string of the molecule is C=[N+]1[C@@H]2CC[C@H]1CC(O)C2. The fraction of sp³-hybridized carbons (Fsp3) is 0.875. The summed E-state index contributed by atoms with van der Waals surface area (Å²) >= 11 is 0. The molecule has 1 unspecified atom stereocenters. The topological polar surface area (TPSA) is 23.2 Å². The lowest BCUT2D eigenvalue weighted by Gasteiger charge is -2.21. The molecule has 2 aliphatic rings. The van der Waals surface area contributed by atoms with E-state index in [0.717, 1.165) is 12.8 Å². The van der Waals surface area contributed by atoms with Gasteiger partial charge in [-0.3, -0.25) is 0 Å². The van der Waals surface area contributed by atoms with E-state index in [9.17, 15) is 5.11 Å². The van der Waals surface area contributed by atoms with Gasteiger partial charge in [-0.1, -0.05) is 0 Å². The van der Waals surface area contributed by atoms with Crippen LogP contribution in [0.5, 0.6) is 0 Å². The van der Waals surface area contributed by atoms with E-state index in [0.29, 0.717) is 12.1 Å². The highest BCUT2D eigenvalue weighted by Crippen LogP contribution is 2.31. The van der Waals surface area contributed by atoms with Gasteiger partial charge in [-0.2, -0.15) is 0 Å². The minimum atomic E-state index is -0.0458. The summed E-state index contributed by atoms with van der Waals surface area (Å²) in [5, 5.41) is 9.35. The van der Waals surface area contributed by atoms with Gasteiger partial charge in [0.05, 0.1) is 6.10 Å². The molecule has 2 heterocycles. The summed E-state index contributed by atoms with van der Waals surface area (Å²) in [6.07, 6.45) is 4.33. The third-order valence-electron chi connectivity index (χ3n) is 2.86. The fourth-order valence-electron chi connectivity index (χ4n) is 2.25. The van der Waals surface area contributed by atoms with Crippen LogP contribution >= 0.6 is 0 Å². The van der Waals surface area contributed by atoms with Gasteiger partial charge in [0.2, 0.25) is 0 Å². The molecule has 2 heteroatoms. The Labute approximate surface area is 61.2 Å². The summed E-state index contributed by atoms with van der Waals surface area (Å²) in [7, 11) is 0. The second kappa shape index (κ2) is 2.06. The van der Waals surface area contributed by atoms with Crippen LogP contribution in [-0.4, -0.2) is 34.6 Å². The lowest BCUT2D eigenvalue weighted by atomic mass is 10.0. The summed E-state index contributed by atoms with van der Waals surface area (Å²) in [5.74, 6) is 0. The van der Waals surface area contributed by atoms with E-state index in [4.69, 9.17) is 0 Å². The maximum absolute atomic E-state index is 9.35. The number of aliphatic hydroxyl groups is 1. The van der Waals surface area contributed by atoms with Gasteiger partial charge in [-0.05, 0) is 0 Å². The van der Waals surface area contributed by atoms with E-state index < -0.39 is 0 Å². The molecule has 10 heavy (non-hydrogen) atoms. The highest BCUT2D eigenvalue weighted by Gasteiger charge is 2.42. The standard InChI is InChI=1S/C8H14NO/c1-9-6-2-3-7(9)5-8(10)4-6/h6-8,10H,1-5H2/q+1/t6-,7+,8?. The number of piperidine rings is 1. The highest BCUT2D eigenvalue weighted by atomic mass is 16.3. The largest absolute Gasteiger partial charge is 0.393 e. The van der Waals surface area contributed by atoms with Crippen molar-refractivity contribution in [2.75, 3.05) is 0 Å². The van der Waals surface area contributed by atoms with E-state index in [1.807, 2.05) is 0 Å². The quantitative estimate of drug-likeness (QED) is 0.483. The minimum Gasteiger partial charge on any atom is -0.393 e. The van der Waals surface area contributed by atoms with Crippen molar-refractivity contribution < 1.29 is 9.68 Å². The van der Waals surface area contributed by atoms with Crippen molar-refractivity contribution in [2.24, 2.45) is 0 Å². The van der Waals surface area contributed by atoms with Crippen molar-refractivity contribution in [3.8, 4) is 0 Å². The predicted octanol–water partition coefficient (Wildman–Crippen LogP) is 0.385. The van der Waals surface area contributed by atoms with Gasteiger partial charge in [-0.15, -0.1) is 0 Å². The molecule has 0 spiro atoms. The lowest BCUT2D eigenvalue weighted by Crippen LogP contribution is -2.37. The van der Waals surface area contributed by atoms with Gasteiger partial charge in [0.1, 0.15) is 6.72 Å². The van der Waals surface area contributed by atoms with Crippen LogP contribution in [0.1, 0.15) is 25.7 Å². The molecule has 56 valence electrons. The van der Waals surface area contributed by atoms with Gasteiger partial charge in [0, 0.05) is 25.7 Å². The first-order chi connectivity index (χ1) is 4.77. The van der Waals surface area contributed by atoms with Crippen molar-refractivity contribution in [1.82, 2.24) is 0 Å². The zero-order valence-corrected chi connectivity index (χ0v) is 6.16. The normalized spacial score (nSPS) is 46.1. The van der Waals surface area contributed by atoms with Crippen molar-refractivity contribution in [3.05, 3.63) is 0 Å². The molecule has 2 fully saturated rings. The first-order valence-corrected chi connectivity index (χ1v) is 4.04. The molecule has 2 bridgehead atoms. The molecule has 2 rings (SSSR count). The number of hydrogen-bond acceptors (Lipinski definition) is 1. The number of hydrogen-bond donors (Lipinski definition) is 1. The summed E-state index contributed by atoms with van der Waals surface area (Å²) < 4.78 is 2.19. The molecule has 0 aliphatic carbocycles.